The van der Waals surface area contributed by atoms with E-state index in [0.29, 0.717) is 25.6 Å². The fourth-order valence-corrected chi connectivity index (χ4v) is 3.59. The normalized spacial score (nSPS) is 14.1. The van der Waals surface area contributed by atoms with Gasteiger partial charge in [0.25, 0.3) is 0 Å². The summed E-state index contributed by atoms with van der Waals surface area (Å²) in [7, 11) is 0. The van der Waals surface area contributed by atoms with Crippen LogP contribution in [0.15, 0.2) is 60.7 Å². The summed E-state index contributed by atoms with van der Waals surface area (Å²) in [5.74, 6) is 0. The zero-order valence-electron chi connectivity index (χ0n) is 16.8. The molecule has 1 fully saturated rings. The monoisotopic (exact) mass is 394 g/mol. The fourth-order valence-electron chi connectivity index (χ4n) is 3.59. The number of carbonyl (C=O) groups is 2. The molecule has 0 radical (unpaired) electrons. The van der Waals surface area contributed by atoms with E-state index in [0.717, 1.165) is 24.2 Å². The largest absolute Gasteiger partial charge is 0.338 e. The molecule has 29 heavy (non-hydrogen) atoms. The van der Waals surface area contributed by atoms with Gasteiger partial charge in [-0.2, -0.15) is 0 Å². The van der Waals surface area contributed by atoms with E-state index in [2.05, 4.69) is 16.0 Å². The minimum absolute atomic E-state index is 0.114. The molecular weight excluding hydrogens is 364 g/mol. The molecule has 2 aromatic rings. The summed E-state index contributed by atoms with van der Waals surface area (Å²) < 4.78 is 0. The third-order valence-corrected chi connectivity index (χ3v) is 5.12. The van der Waals surface area contributed by atoms with Crippen molar-refractivity contribution < 1.29 is 9.59 Å². The van der Waals surface area contributed by atoms with Crippen LogP contribution in [-0.2, 0) is 0 Å². The summed E-state index contributed by atoms with van der Waals surface area (Å²) >= 11 is 0. The van der Waals surface area contributed by atoms with Crippen LogP contribution in [0.4, 0.5) is 21.0 Å². The van der Waals surface area contributed by atoms with Gasteiger partial charge in [0, 0.05) is 30.5 Å². The number of rotatable bonds is 7. The lowest BCUT2D eigenvalue weighted by atomic mass is 9.96. The zero-order valence-corrected chi connectivity index (χ0v) is 16.8. The Morgan fingerprint density at radius 3 is 2.24 bits per heavy atom. The summed E-state index contributed by atoms with van der Waals surface area (Å²) in [6.45, 7) is 1.02. The topological polar surface area (TPSA) is 73.5 Å². The second-order valence-electron chi connectivity index (χ2n) is 7.37. The number of nitrogens with one attached hydrogen (secondary N) is 3. The van der Waals surface area contributed by atoms with Gasteiger partial charge in [-0.25, -0.2) is 9.59 Å². The number of para-hydroxylation sites is 2. The van der Waals surface area contributed by atoms with E-state index in [9.17, 15) is 9.59 Å². The van der Waals surface area contributed by atoms with E-state index < -0.39 is 0 Å². The van der Waals surface area contributed by atoms with E-state index in [-0.39, 0.29) is 12.1 Å². The van der Waals surface area contributed by atoms with Crippen LogP contribution in [0.3, 0.4) is 0 Å². The van der Waals surface area contributed by atoms with E-state index in [1.54, 1.807) is 4.90 Å². The van der Waals surface area contributed by atoms with Gasteiger partial charge in [-0.3, -0.25) is 4.90 Å². The maximum atomic E-state index is 12.8. The van der Waals surface area contributed by atoms with Gasteiger partial charge < -0.3 is 16.0 Å². The lowest BCUT2D eigenvalue weighted by molar-refractivity contribution is 0.232. The van der Waals surface area contributed by atoms with Crippen molar-refractivity contribution >= 4 is 23.4 Å². The van der Waals surface area contributed by atoms with Gasteiger partial charge in [0.05, 0.1) is 0 Å². The van der Waals surface area contributed by atoms with Crippen molar-refractivity contribution in [3.63, 3.8) is 0 Å². The van der Waals surface area contributed by atoms with Crippen LogP contribution < -0.4 is 20.9 Å². The smallest absolute Gasteiger partial charge is 0.326 e. The summed E-state index contributed by atoms with van der Waals surface area (Å²) in [6.07, 6.45) is 6.43. The molecule has 6 heteroatoms. The van der Waals surface area contributed by atoms with Crippen LogP contribution in [0.5, 0.6) is 0 Å². The van der Waals surface area contributed by atoms with Crippen molar-refractivity contribution in [1.29, 1.82) is 0 Å². The number of carbonyl (C=O) groups excluding carboxylic acids is 2. The standard InChI is InChI=1S/C23H30N4O2/c28-22(25-19-11-4-1-5-12-19)24-17-10-18-27(21-15-8-3-9-16-21)23(29)26-20-13-6-2-7-14-20/h2-3,6-9,13-16,19H,1,4-5,10-12,17-18H2,(H,26,29)(H2,24,25,28). The van der Waals surface area contributed by atoms with Crippen molar-refractivity contribution in [2.75, 3.05) is 23.3 Å². The highest BCUT2D eigenvalue weighted by Crippen LogP contribution is 2.17. The molecule has 154 valence electrons. The molecule has 0 aromatic heterocycles. The van der Waals surface area contributed by atoms with Gasteiger partial charge >= 0.3 is 12.1 Å². The Morgan fingerprint density at radius 2 is 1.55 bits per heavy atom. The van der Waals surface area contributed by atoms with Crippen LogP contribution in [0.2, 0.25) is 0 Å². The average molecular weight is 395 g/mol. The lowest BCUT2D eigenvalue weighted by Crippen LogP contribution is -2.44. The highest BCUT2D eigenvalue weighted by molar-refractivity contribution is 6.01. The number of hydrogen-bond donors (Lipinski definition) is 3. The third-order valence-electron chi connectivity index (χ3n) is 5.12. The molecule has 0 atom stereocenters. The van der Waals surface area contributed by atoms with E-state index in [1.165, 1.54) is 19.3 Å². The molecule has 6 nitrogen and oxygen atoms in total. The zero-order chi connectivity index (χ0) is 20.3. The van der Waals surface area contributed by atoms with Crippen LogP contribution >= 0.6 is 0 Å². The maximum Gasteiger partial charge on any atom is 0.326 e. The summed E-state index contributed by atoms with van der Waals surface area (Å²) in [4.78, 5) is 26.6. The second-order valence-corrected chi connectivity index (χ2v) is 7.37. The number of amides is 4. The summed E-state index contributed by atoms with van der Waals surface area (Å²) in [5, 5.41) is 8.90. The lowest BCUT2D eigenvalue weighted by Gasteiger charge is -2.24. The highest BCUT2D eigenvalue weighted by atomic mass is 16.2. The molecule has 0 saturated heterocycles. The fraction of sp³-hybridized carbons (Fsp3) is 0.391. The molecule has 3 rings (SSSR count). The number of nitrogens with zero attached hydrogens (tertiary/aromatic N) is 1. The quantitative estimate of drug-likeness (QED) is 0.593. The molecule has 4 amide bonds. The predicted molar refractivity (Wildman–Crippen MR) is 117 cm³/mol. The molecule has 0 bridgehead atoms. The molecule has 0 heterocycles. The average Bonchev–Trinajstić information content (AvgIpc) is 2.75. The van der Waals surface area contributed by atoms with Gasteiger partial charge in [-0.05, 0) is 43.5 Å². The molecule has 0 spiro atoms. The number of anilines is 2. The number of benzene rings is 2. The molecular formula is C23H30N4O2. The number of hydrogen-bond acceptors (Lipinski definition) is 2. The van der Waals surface area contributed by atoms with E-state index in [1.807, 2.05) is 60.7 Å². The van der Waals surface area contributed by atoms with Gasteiger partial charge in [0.15, 0.2) is 0 Å². The van der Waals surface area contributed by atoms with Crippen molar-refractivity contribution in [2.45, 2.75) is 44.6 Å². The molecule has 1 saturated carbocycles. The predicted octanol–water partition coefficient (Wildman–Crippen LogP) is 4.75. The first-order valence-electron chi connectivity index (χ1n) is 10.5. The molecule has 2 aromatic carbocycles. The Hall–Kier alpha value is -3.02. The molecule has 0 aliphatic heterocycles. The van der Waals surface area contributed by atoms with Crippen molar-refractivity contribution in [3.8, 4) is 0 Å². The molecule has 3 N–H and O–H groups in total. The first-order chi connectivity index (χ1) is 14.2. The highest BCUT2D eigenvalue weighted by Gasteiger charge is 2.17. The van der Waals surface area contributed by atoms with Crippen LogP contribution in [0.25, 0.3) is 0 Å². The summed E-state index contributed by atoms with van der Waals surface area (Å²) in [6, 6.07) is 19.0. The third kappa shape index (κ3) is 6.82. The van der Waals surface area contributed by atoms with Crippen molar-refractivity contribution in [2.24, 2.45) is 0 Å². The molecule has 1 aliphatic carbocycles. The first kappa shape index (κ1) is 20.7. The van der Waals surface area contributed by atoms with E-state index in [4.69, 9.17) is 0 Å². The first-order valence-corrected chi connectivity index (χ1v) is 10.5. The van der Waals surface area contributed by atoms with Crippen LogP contribution in [-0.4, -0.2) is 31.2 Å². The molecule has 0 unspecified atom stereocenters. The van der Waals surface area contributed by atoms with Crippen LogP contribution in [0, 0.1) is 0 Å². The second kappa shape index (κ2) is 11.1. The number of urea groups is 2. The minimum Gasteiger partial charge on any atom is -0.338 e. The van der Waals surface area contributed by atoms with Crippen molar-refractivity contribution in [3.05, 3.63) is 60.7 Å². The Balaban J connectivity index is 1.49. The van der Waals surface area contributed by atoms with Crippen LogP contribution in [0.1, 0.15) is 38.5 Å². The Kier molecular flexibility index (Phi) is 7.92. The van der Waals surface area contributed by atoms with Gasteiger partial charge in [-0.1, -0.05) is 55.7 Å². The van der Waals surface area contributed by atoms with Gasteiger partial charge in [0.2, 0.25) is 0 Å². The Morgan fingerprint density at radius 1 is 0.897 bits per heavy atom. The SMILES string of the molecule is O=C(NCCCN(C(=O)Nc1ccccc1)c1ccccc1)NC1CCCCC1. The Labute approximate surface area is 172 Å². The van der Waals surface area contributed by atoms with E-state index >= 15 is 0 Å². The maximum absolute atomic E-state index is 12.8. The Bertz CT molecular complexity index is 761. The van der Waals surface area contributed by atoms with Gasteiger partial charge in [-0.15, -0.1) is 0 Å². The van der Waals surface area contributed by atoms with Gasteiger partial charge in [0.1, 0.15) is 0 Å². The molecule has 1 aliphatic rings. The van der Waals surface area contributed by atoms with Crippen molar-refractivity contribution in [1.82, 2.24) is 10.6 Å². The minimum atomic E-state index is -0.186. The summed E-state index contributed by atoms with van der Waals surface area (Å²) in [5.41, 5.74) is 1.58.